The molecule has 1 aromatic carbocycles. The van der Waals surface area contributed by atoms with Crippen LogP contribution in [-0.2, 0) is 0 Å². The summed E-state index contributed by atoms with van der Waals surface area (Å²) in [5.41, 5.74) is 1.80. The second-order valence-electron chi connectivity index (χ2n) is 3.05. The average molecular weight is 198 g/mol. The first kappa shape index (κ1) is 9.35. The minimum atomic E-state index is -0.309. The number of halogens is 1. The third-order valence-electron chi connectivity index (χ3n) is 2.01. The predicted octanol–water partition coefficient (Wildman–Crippen LogP) is 2.76. The molecule has 0 aliphatic heterocycles. The summed E-state index contributed by atoms with van der Waals surface area (Å²) in [4.78, 5) is 4.08. The van der Waals surface area contributed by atoms with Gasteiger partial charge in [0.05, 0.1) is 17.3 Å². The van der Waals surface area contributed by atoms with Crippen LogP contribution in [0.5, 0.6) is 0 Å². The Morgan fingerprint density at radius 3 is 2.80 bits per heavy atom. The normalized spacial score (nSPS) is 9.60. The van der Waals surface area contributed by atoms with E-state index in [0.717, 1.165) is 0 Å². The van der Waals surface area contributed by atoms with Gasteiger partial charge >= 0.3 is 0 Å². The molecular weight excluding hydrogens is 191 g/mol. The van der Waals surface area contributed by atoms with Gasteiger partial charge in [0, 0.05) is 11.8 Å². The van der Waals surface area contributed by atoms with Gasteiger partial charge in [0.15, 0.2) is 0 Å². The smallest absolute Gasteiger partial charge is 0.123 e. The van der Waals surface area contributed by atoms with Crippen LogP contribution in [0.4, 0.5) is 4.39 Å². The predicted molar refractivity (Wildman–Crippen MR) is 54.3 cm³/mol. The Labute approximate surface area is 86.6 Å². The van der Waals surface area contributed by atoms with Gasteiger partial charge in [0.25, 0.3) is 0 Å². The van der Waals surface area contributed by atoms with Crippen LogP contribution in [0, 0.1) is 17.1 Å². The Morgan fingerprint density at radius 1 is 1.20 bits per heavy atom. The molecule has 0 unspecified atom stereocenters. The molecule has 1 aromatic heterocycles. The molecule has 0 radical (unpaired) electrons. The largest absolute Gasteiger partial charge is 0.256 e. The molecule has 2 nitrogen and oxygen atoms in total. The van der Waals surface area contributed by atoms with E-state index >= 15 is 0 Å². The van der Waals surface area contributed by atoms with Gasteiger partial charge in [0.2, 0.25) is 0 Å². The van der Waals surface area contributed by atoms with Crippen LogP contribution in [0.15, 0.2) is 42.6 Å². The van der Waals surface area contributed by atoms with Crippen LogP contribution in [0.2, 0.25) is 0 Å². The zero-order valence-corrected chi connectivity index (χ0v) is 7.81. The summed E-state index contributed by atoms with van der Waals surface area (Å²) >= 11 is 0. The van der Waals surface area contributed by atoms with E-state index in [1.165, 1.54) is 12.1 Å². The zero-order chi connectivity index (χ0) is 10.7. The number of benzene rings is 1. The molecule has 1 heterocycles. The van der Waals surface area contributed by atoms with Gasteiger partial charge in [-0.25, -0.2) is 4.39 Å². The van der Waals surface area contributed by atoms with Gasteiger partial charge in [-0.3, -0.25) is 4.98 Å². The Morgan fingerprint density at radius 2 is 2.07 bits per heavy atom. The summed E-state index contributed by atoms with van der Waals surface area (Å²) in [7, 11) is 0. The summed E-state index contributed by atoms with van der Waals surface area (Å²) in [6.45, 7) is 0. The maximum atomic E-state index is 12.9. The lowest BCUT2D eigenvalue weighted by atomic mass is 10.1. The highest BCUT2D eigenvalue weighted by molar-refractivity contribution is 5.60. The topological polar surface area (TPSA) is 36.7 Å². The maximum Gasteiger partial charge on any atom is 0.123 e. The van der Waals surface area contributed by atoms with Gasteiger partial charge in [0.1, 0.15) is 5.82 Å². The van der Waals surface area contributed by atoms with Crippen molar-refractivity contribution in [1.82, 2.24) is 4.98 Å². The van der Waals surface area contributed by atoms with Crippen LogP contribution in [0.1, 0.15) is 5.56 Å². The van der Waals surface area contributed by atoms with Crippen molar-refractivity contribution in [3.05, 3.63) is 54.0 Å². The molecule has 15 heavy (non-hydrogen) atoms. The molecule has 0 amide bonds. The fourth-order valence-corrected chi connectivity index (χ4v) is 1.31. The first-order valence-electron chi connectivity index (χ1n) is 4.42. The van der Waals surface area contributed by atoms with Crippen molar-refractivity contribution in [2.24, 2.45) is 0 Å². The number of pyridine rings is 1. The molecule has 0 fully saturated rings. The lowest BCUT2D eigenvalue weighted by molar-refractivity contribution is 0.628. The van der Waals surface area contributed by atoms with Gasteiger partial charge in [-0.2, -0.15) is 5.26 Å². The molecule has 2 rings (SSSR count). The van der Waals surface area contributed by atoms with E-state index in [9.17, 15) is 4.39 Å². The van der Waals surface area contributed by atoms with Crippen molar-refractivity contribution < 1.29 is 4.39 Å². The number of hydrogen-bond acceptors (Lipinski definition) is 2. The molecule has 0 saturated heterocycles. The summed E-state index contributed by atoms with van der Waals surface area (Å²) in [5, 5.41) is 8.71. The number of nitrogens with zero attached hydrogens (tertiary/aromatic N) is 2. The molecular formula is C12H7FN2. The fraction of sp³-hybridized carbons (Fsp3) is 0. The van der Waals surface area contributed by atoms with E-state index in [4.69, 9.17) is 5.26 Å². The highest BCUT2D eigenvalue weighted by atomic mass is 19.1. The van der Waals surface area contributed by atoms with Gasteiger partial charge in [-0.15, -0.1) is 0 Å². The molecule has 72 valence electrons. The summed E-state index contributed by atoms with van der Waals surface area (Å²) in [6, 6.07) is 11.4. The van der Waals surface area contributed by atoms with Crippen molar-refractivity contribution in [2.45, 2.75) is 0 Å². The SMILES string of the molecule is N#Cc1ccnc(-c2cccc(F)c2)c1. The highest BCUT2D eigenvalue weighted by Crippen LogP contribution is 2.18. The van der Waals surface area contributed by atoms with Crippen molar-refractivity contribution in [3.63, 3.8) is 0 Å². The molecule has 0 spiro atoms. The first-order valence-corrected chi connectivity index (χ1v) is 4.42. The first-order chi connectivity index (χ1) is 7.29. The lowest BCUT2D eigenvalue weighted by Gasteiger charge is -2.00. The summed E-state index contributed by atoms with van der Waals surface area (Å²) in [5.74, 6) is -0.309. The maximum absolute atomic E-state index is 12.9. The van der Waals surface area contributed by atoms with E-state index in [-0.39, 0.29) is 5.82 Å². The van der Waals surface area contributed by atoms with Crippen LogP contribution >= 0.6 is 0 Å². The van der Waals surface area contributed by atoms with E-state index in [0.29, 0.717) is 16.8 Å². The third kappa shape index (κ3) is 2.00. The molecule has 0 aliphatic rings. The monoisotopic (exact) mass is 198 g/mol. The third-order valence-corrected chi connectivity index (χ3v) is 2.01. The van der Waals surface area contributed by atoms with Gasteiger partial charge < -0.3 is 0 Å². The summed E-state index contributed by atoms with van der Waals surface area (Å²) in [6.07, 6.45) is 1.54. The van der Waals surface area contributed by atoms with Crippen LogP contribution in [-0.4, -0.2) is 4.98 Å². The molecule has 0 atom stereocenters. The van der Waals surface area contributed by atoms with E-state index in [1.54, 1.807) is 30.5 Å². The van der Waals surface area contributed by atoms with Crippen LogP contribution in [0.3, 0.4) is 0 Å². The van der Waals surface area contributed by atoms with E-state index < -0.39 is 0 Å². The van der Waals surface area contributed by atoms with Crippen molar-refractivity contribution in [3.8, 4) is 17.3 Å². The number of rotatable bonds is 1. The average Bonchev–Trinajstić information content (AvgIpc) is 2.29. The fourth-order valence-electron chi connectivity index (χ4n) is 1.31. The molecule has 0 aliphatic carbocycles. The lowest BCUT2D eigenvalue weighted by Crippen LogP contribution is -1.85. The zero-order valence-electron chi connectivity index (χ0n) is 7.81. The minimum absolute atomic E-state index is 0.309. The van der Waals surface area contributed by atoms with Crippen molar-refractivity contribution >= 4 is 0 Å². The Hall–Kier alpha value is -2.21. The second-order valence-corrected chi connectivity index (χ2v) is 3.05. The molecule has 2 aromatic rings. The Kier molecular flexibility index (Phi) is 2.42. The van der Waals surface area contributed by atoms with Crippen molar-refractivity contribution in [2.75, 3.05) is 0 Å². The molecule has 0 bridgehead atoms. The van der Waals surface area contributed by atoms with E-state index in [2.05, 4.69) is 4.98 Å². The van der Waals surface area contributed by atoms with Crippen LogP contribution in [0.25, 0.3) is 11.3 Å². The van der Waals surface area contributed by atoms with Crippen LogP contribution < -0.4 is 0 Å². The van der Waals surface area contributed by atoms with Crippen molar-refractivity contribution in [1.29, 1.82) is 5.26 Å². The van der Waals surface area contributed by atoms with Gasteiger partial charge in [-0.1, -0.05) is 12.1 Å². The highest BCUT2D eigenvalue weighted by Gasteiger charge is 2.01. The second kappa shape index (κ2) is 3.89. The summed E-state index contributed by atoms with van der Waals surface area (Å²) < 4.78 is 12.9. The van der Waals surface area contributed by atoms with E-state index in [1.807, 2.05) is 6.07 Å². The quantitative estimate of drug-likeness (QED) is 0.706. The Bertz CT molecular complexity index is 529. The minimum Gasteiger partial charge on any atom is -0.256 e. The molecule has 0 saturated carbocycles. The Balaban J connectivity index is 2.50. The number of nitriles is 1. The molecule has 0 N–H and O–H groups in total. The number of aromatic nitrogens is 1. The molecule has 3 heteroatoms. The van der Waals surface area contributed by atoms with Gasteiger partial charge in [-0.05, 0) is 24.3 Å². The number of hydrogen-bond donors (Lipinski definition) is 0. The standard InChI is InChI=1S/C12H7FN2/c13-11-3-1-2-10(7-11)12-6-9(8-14)4-5-15-12/h1-7H.